The highest BCUT2D eigenvalue weighted by Crippen LogP contribution is 2.31. The predicted octanol–water partition coefficient (Wildman–Crippen LogP) is 4.26. The monoisotopic (exact) mass is 400 g/mol. The molecule has 0 aliphatic heterocycles. The van der Waals surface area contributed by atoms with Crippen molar-refractivity contribution >= 4 is 34.1 Å². The molecular weight excluding hydrogens is 380 g/mol. The van der Waals surface area contributed by atoms with E-state index in [1.807, 2.05) is 51.1 Å². The van der Waals surface area contributed by atoms with E-state index in [9.17, 15) is 4.79 Å². The molecule has 140 valence electrons. The molecule has 1 N–H and O–H groups in total. The molecule has 0 aliphatic rings. The number of rotatable bonds is 6. The van der Waals surface area contributed by atoms with Gasteiger partial charge in [0.15, 0.2) is 10.3 Å². The number of carbonyl (C=O) groups excluding carboxylic acids is 1. The summed E-state index contributed by atoms with van der Waals surface area (Å²) in [6.45, 7) is 5.82. The molecule has 0 bridgehead atoms. The molecule has 27 heavy (non-hydrogen) atoms. The van der Waals surface area contributed by atoms with Gasteiger partial charge in [-0.1, -0.05) is 11.8 Å². The first-order valence-electron chi connectivity index (χ1n) is 8.31. The Kier molecular flexibility index (Phi) is 6.08. The first kappa shape index (κ1) is 19.3. The third-order valence-corrected chi connectivity index (χ3v) is 5.43. The van der Waals surface area contributed by atoms with E-state index in [1.165, 1.54) is 23.1 Å². The number of amides is 1. The van der Waals surface area contributed by atoms with Gasteiger partial charge in [0.05, 0.1) is 18.6 Å². The predicted molar refractivity (Wildman–Crippen MR) is 110 cm³/mol. The normalized spacial score (nSPS) is 10.7. The van der Waals surface area contributed by atoms with E-state index in [0.29, 0.717) is 10.3 Å². The lowest BCUT2D eigenvalue weighted by Gasteiger charge is -2.03. The standard InChI is InChI=1S/C19H20N4O2S2/c1-11-9-12(2)21-18(20-11)26-10-16(24)22-19-23-17(13(3)27-19)14-5-7-15(25-4)8-6-14/h5-9H,10H2,1-4H3,(H,22,23,24). The number of benzene rings is 1. The summed E-state index contributed by atoms with van der Waals surface area (Å²) in [4.78, 5) is 26.5. The summed E-state index contributed by atoms with van der Waals surface area (Å²) >= 11 is 2.78. The third-order valence-electron chi connectivity index (χ3n) is 3.70. The first-order chi connectivity index (χ1) is 12.9. The van der Waals surface area contributed by atoms with Crippen molar-refractivity contribution in [1.82, 2.24) is 15.0 Å². The fourth-order valence-electron chi connectivity index (χ4n) is 2.51. The van der Waals surface area contributed by atoms with Crippen LogP contribution in [0.2, 0.25) is 0 Å². The molecule has 0 spiro atoms. The molecule has 6 nitrogen and oxygen atoms in total. The van der Waals surface area contributed by atoms with E-state index in [0.717, 1.165) is 33.3 Å². The van der Waals surface area contributed by atoms with Crippen molar-refractivity contribution in [3.63, 3.8) is 0 Å². The Balaban J connectivity index is 1.64. The van der Waals surface area contributed by atoms with Crippen molar-refractivity contribution in [1.29, 1.82) is 0 Å². The number of ether oxygens (including phenoxy) is 1. The van der Waals surface area contributed by atoms with Crippen LogP contribution in [0.1, 0.15) is 16.3 Å². The molecule has 0 unspecified atom stereocenters. The average molecular weight is 401 g/mol. The molecule has 0 radical (unpaired) electrons. The second kappa shape index (κ2) is 8.49. The largest absolute Gasteiger partial charge is 0.497 e. The molecule has 1 amide bonds. The molecule has 3 rings (SSSR count). The lowest BCUT2D eigenvalue weighted by atomic mass is 10.1. The van der Waals surface area contributed by atoms with Crippen LogP contribution in [0.25, 0.3) is 11.3 Å². The van der Waals surface area contributed by atoms with Crippen molar-refractivity contribution in [2.24, 2.45) is 0 Å². The number of carbonyl (C=O) groups is 1. The Morgan fingerprint density at radius 1 is 1.11 bits per heavy atom. The summed E-state index contributed by atoms with van der Waals surface area (Å²) in [5.41, 5.74) is 3.64. The van der Waals surface area contributed by atoms with E-state index in [2.05, 4.69) is 20.3 Å². The maximum absolute atomic E-state index is 12.3. The molecule has 0 saturated heterocycles. The Bertz CT molecular complexity index is 935. The van der Waals surface area contributed by atoms with E-state index < -0.39 is 0 Å². The van der Waals surface area contributed by atoms with Gasteiger partial charge in [-0.2, -0.15) is 0 Å². The summed E-state index contributed by atoms with van der Waals surface area (Å²) < 4.78 is 5.18. The van der Waals surface area contributed by atoms with Gasteiger partial charge < -0.3 is 10.1 Å². The number of hydrogen-bond acceptors (Lipinski definition) is 7. The van der Waals surface area contributed by atoms with Crippen molar-refractivity contribution in [2.75, 3.05) is 18.2 Å². The van der Waals surface area contributed by atoms with Crippen LogP contribution in [0.15, 0.2) is 35.5 Å². The highest BCUT2D eigenvalue weighted by atomic mass is 32.2. The number of thioether (sulfide) groups is 1. The minimum absolute atomic E-state index is 0.127. The Labute approximate surface area is 166 Å². The summed E-state index contributed by atoms with van der Waals surface area (Å²) in [5, 5.41) is 4.06. The molecule has 0 aliphatic carbocycles. The number of nitrogens with one attached hydrogen (secondary N) is 1. The van der Waals surface area contributed by atoms with Gasteiger partial charge in [-0.3, -0.25) is 4.79 Å². The van der Waals surface area contributed by atoms with E-state index >= 15 is 0 Å². The third kappa shape index (κ3) is 5.05. The summed E-state index contributed by atoms with van der Waals surface area (Å²) in [6.07, 6.45) is 0. The quantitative estimate of drug-likeness (QED) is 0.492. The number of thiazole rings is 1. The number of methoxy groups -OCH3 is 1. The van der Waals surface area contributed by atoms with Gasteiger partial charge in [0, 0.05) is 21.8 Å². The zero-order valence-electron chi connectivity index (χ0n) is 15.6. The molecule has 0 fully saturated rings. The first-order valence-corrected chi connectivity index (χ1v) is 10.1. The zero-order chi connectivity index (χ0) is 19.4. The maximum atomic E-state index is 12.3. The zero-order valence-corrected chi connectivity index (χ0v) is 17.2. The van der Waals surface area contributed by atoms with Crippen molar-refractivity contribution in [2.45, 2.75) is 25.9 Å². The van der Waals surface area contributed by atoms with Gasteiger partial charge in [-0.25, -0.2) is 15.0 Å². The van der Waals surface area contributed by atoms with Crippen LogP contribution in [0, 0.1) is 20.8 Å². The summed E-state index contributed by atoms with van der Waals surface area (Å²) in [7, 11) is 1.64. The van der Waals surface area contributed by atoms with Gasteiger partial charge in [0.25, 0.3) is 0 Å². The fraction of sp³-hybridized carbons (Fsp3) is 0.263. The van der Waals surface area contributed by atoms with Crippen LogP contribution in [0.3, 0.4) is 0 Å². The fourth-order valence-corrected chi connectivity index (χ4v) is 4.11. The summed E-state index contributed by atoms with van der Waals surface area (Å²) in [5.74, 6) is 0.905. The molecule has 0 atom stereocenters. The van der Waals surface area contributed by atoms with Crippen molar-refractivity contribution < 1.29 is 9.53 Å². The Morgan fingerprint density at radius 2 is 1.78 bits per heavy atom. The lowest BCUT2D eigenvalue weighted by Crippen LogP contribution is -2.14. The second-order valence-corrected chi connectivity index (χ2v) is 8.07. The van der Waals surface area contributed by atoms with Crippen LogP contribution in [0.5, 0.6) is 5.75 Å². The lowest BCUT2D eigenvalue weighted by molar-refractivity contribution is -0.113. The van der Waals surface area contributed by atoms with Crippen LogP contribution in [0.4, 0.5) is 5.13 Å². The van der Waals surface area contributed by atoms with E-state index in [-0.39, 0.29) is 11.7 Å². The highest BCUT2D eigenvalue weighted by molar-refractivity contribution is 7.99. The number of aryl methyl sites for hydroxylation is 3. The minimum atomic E-state index is -0.127. The van der Waals surface area contributed by atoms with Crippen molar-refractivity contribution in [3.8, 4) is 17.0 Å². The molecule has 3 aromatic rings. The molecule has 2 heterocycles. The molecule has 8 heteroatoms. The molecule has 0 saturated carbocycles. The topological polar surface area (TPSA) is 77.0 Å². The number of anilines is 1. The minimum Gasteiger partial charge on any atom is -0.497 e. The van der Waals surface area contributed by atoms with Gasteiger partial charge in [-0.05, 0) is 51.1 Å². The van der Waals surface area contributed by atoms with Crippen molar-refractivity contribution in [3.05, 3.63) is 46.6 Å². The summed E-state index contributed by atoms with van der Waals surface area (Å²) in [6, 6.07) is 9.61. The van der Waals surface area contributed by atoms with Gasteiger partial charge >= 0.3 is 0 Å². The van der Waals surface area contributed by atoms with Gasteiger partial charge in [0.1, 0.15) is 5.75 Å². The van der Waals surface area contributed by atoms with E-state index in [4.69, 9.17) is 4.74 Å². The Hall–Kier alpha value is -2.45. The second-order valence-electron chi connectivity index (χ2n) is 5.92. The maximum Gasteiger partial charge on any atom is 0.236 e. The molecule has 2 aromatic heterocycles. The SMILES string of the molecule is COc1ccc(-c2nc(NC(=O)CSc3nc(C)cc(C)n3)sc2C)cc1. The smallest absolute Gasteiger partial charge is 0.236 e. The number of nitrogens with zero attached hydrogens (tertiary/aromatic N) is 3. The van der Waals surface area contributed by atoms with Crippen LogP contribution < -0.4 is 10.1 Å². The van der Waals surface area contributed by atoms with Crippen LogP contribution in [-0.2, 0) is 4.79 Å². The van der Waals surface area contributed by atoms with Gasteiger partial charge in [0.2, 0.25) is 5.91 Å². The highest BCUT2D eigenvalue weighted by Gasteiger charge is 2.13. The number of hydrogen-bond donors (Lipinski definition) is 1. The number of aromatic nitrogens is 3. The van der Waals surface area contributed by atoms with Gasteiger partial charge in [-0.15, -0.1) is 11.3 Å². The van der Waals surface area contributed by atoms with E-state index in [1.54, 1.807) is 7.11 Å². The average Bonchev–Trinajstić information content (AvgIpc) is 2.99. The Morgan fingerprint density at radius 3 is 2.41 bits per heavy atom. The molecular formula is C19H20N4O2S2. The molecule has 1 aromatic carbocycles. The van der Waals surface area contributed by atoms with Crippen LogP contribution >= 0.6 is 23.1 Å². The van der Waals surface area contributed by atoms with Crippen LogP contribution in [-0.4, -0.2) is 33.7 Å².